The van der Waals surface area contributed by atoms with Crippen molar-refractivity contribution in [2.45, 2.75) is 71.0 Å². The molecule has 98 valence electrons. The zero-order chi connectivity index (χ0) is 12.9. The van der Waals surface area contributed by atoms with Crippen molar-refractivity contribution >= 4 is 0 Å². The largest absolute Gasteiger partial charge is 0.301 e. The minimum Gasteiger partial charge on any atom is -0.301 e. The van der Waals surface area contributed by atoms with Crippen LogP contribution < -0.4 is 5.32 Å². The molecule has 1 aliphatic rings. The third-order valence-corrected chi connectivity index (χ3v) is 3.87. The molecule has 0 radical (unpaired) electrons. The fourth-order valence-electron chi connectivity index (χ4n) is 2.15. The summed E-state index contributed by atoms with van der Waals surface area (Å²) in [5, 5.41) is 12.8. The van der Waals surface area contributed by atoms with E-state index in [-0.39, 0.29) is 5.54 Å². The van der Waals surface area contributed by atoms with Crippen LogP contribution in [0.15, 0.2) is 0 Å². The van der Waals surface area contributed by atoms with Crippen molar-refractivity contribution in [1.82, 2.24) is 10.2 Å². The van der Waals surface area contributed by atoms with E-state index in [0.29, 0.717) is 12.1 Å². The van der Waals surface area contributed by atoms with Crippen molar-refractivity contribution in [2.24, 2.45) is 0 Å². The molecule has 3 nitrogen and oxygen atoms in total. The van der Waals surface area contributed by atoms with Gasteiger partial charge < -0.3 is 4.90 Å². The highest BCUT2D eigenvalue weighted by Crippen LogP contribution is 2.24. The Morgan fingerprint density at radius 3 is 2.53 bits per heavy atom. The maximum atomic E-state index is 9.31. The Morgan fingerprint density at radius 2 is 2.12 bits per heavy atom. The monoisotopic (exact) mass is 237 g/mol. The molecule has 0 bridgehead atoms. The third kappa shape index (κ3) is 4.65. The number of hydrogen-bond donors (Lipinski definition) is 1. The maximum Gasteiger partial charge on any atom is 0.105 e. The Balaban J connectivity index is 2.42. The predicted molar refractivity (Wildman–Crippen MR) is 71.8 cm³/mol. The first-order valence-corrected chi connectivity index (χ1v) is 6.97. The number of nitriles is 1. The van der Waals surface area contributed by atoms with Gasteiger partial charge in [-0.05, 0) is 46.1 Å². The molecule has 0 spiro atoms. The fourth-order valence-corrected chi connectivity index (χ4v) is 2.15. The van der Waals surface area contributed by atoms with Crippen molar-refractivity contribution in [3.63, 3.8) is 0 Å². The molecule has 0 saturated heterocycles. The average molecular weight is 237 g/mol. The van der Waals surface area contributed by atoms with Gasteiger partial charge in [0.2, 0.25) is 0 Å². The summed E-state index contributed by atoms with van der Waals surface area (Å²) in [7, 11) is 0. The van der Waals surface area contributed by atoms with Crippen LogP contribution in [0.1, 0.15) is 53.4 Å². The topological polar surface area (TPSA) is 39.1 Å². The third-order valence-electron chi connectivity index (χ3n) is 3.87. The van der Waals surface area contributed by atoms with Crippen LogP contribution in [0.25, 0.3) is 0 Å². The Bertz CT molecular complexity index is 267. The molecule has 0 aliphatic heterocycles. The van der Waals surface area contributed by atoms with Gasteiger partial charge in [0, 0.05) is 18.6 Å². The first-order chi connectivity index (χ1) is 8.04. The van der Waals surface area contributed by atoms with E-state index < -0.39 is 0 Å². The van der Waals surface area contributed by atoms with E-state index in [0.717, 1.165) is 19.5 Å². The highest BCUT2D eigenvalue weighted by Gasteiger charge is 2.32. The summed E-state index contributed by atoms with van der Waals surface area (Å²) < 4.78 is 0. The van der Waals surface area contributed by atoms with Crippen molar-refractivity contribution in [3.8, 4) is 6.07 Å². The summed E-state index contributed by atoms with van der Waals surface area (Å²) >= 11 is 0. The second-order valence-electron chi connectivity index (χ2n) is 5.50. The highest BCUT2D eigenvalue weighted by atomic mass is 15.1. The van der Waals surface area contributed by atoms with Gasteiger partial charge in [0.15, 0.2) is 0 Å². The molecule has 0 aromatic carbocycles. The fraction of sp³-hybridized carbons (Fsp3) is 0.929. The van der Waals surface area contributed by atoms with E-state index in [1.165, 1.54) is 19.3 Å². The van der Waals surface area contributed by atoms with Gasteiger partial charge in [-0.1, -0.05) is 13.8 Å². The molecular weight excluding hydrogens is 210 g/mol. The smallest absolute Gasteiger partial charge is 0.105 e. The standard InChI is InChI=1S/C14H27N3/c1-5-12(3)17(6-2)10-9-14(4,11-15)16-13-7-8-13/h12-13,16H,5-10H2,1-4H3. The van der Waals surface area contributed by atoms with Crippen molar-refractivity contribution in [1.29, 1.82) is 5.26 Å². The molecule has 1 fully saturated rings. The zero-order valence-electron chi connectivity index (χ0n) is 11.8. The molecule has 2 unspecified atom stereocenters. The molecule has 1 N–H and O–H groups in total. The summed E-state index contributed by atoms with van der Waals surface area (Å²) in [6.07, 6.45) is 4.56. The summed E-state index contributed by atoms with van der Waals surface area (Å²) in [5.41, 5.74) is -0.345. The van der Waals surface area contributed by atoms with Crippen LogP contribution in [0.2, 0.25) is 0 Å². The van der Waals surface area contributed by atoms with Crippen LogP contribution in [0, 0.1) is 11.3 Å². The minimum atomic E-state index is -0.345. The Morgan fingerprint density at radius 1 is 1.47 bits per heavy atom. The van der Waals surface area contributed by atoms with Gasteiger partial charge in [0.05, 0.1) is 6.07 Å². The van der Waals surface area contributed by atoms with E-state index in [1.807, 2.05) is 6.92 Å². The lowest BCUT2D eigenvalue weighted by Crippen LogP contribution is -2.46. The number of rotatable bonds is 8. The van der Waals surface area contributed by atoms with Crippen molar-refractivity contribution in [2.75, 3.05) is 13.1 Å². The lowest BCUT2D eigenvalue weighted by molar-refractivity contribution is 0.195. The van der Waals surface area contributed by atoms with Gasteiger partial charge in [-0.3, -0.25) is 5.32 Å². The van der Waals surface area contributed by atoms with Crippen LogP contribution in [0.4, 0.5) is 0 Å². The normalized spacial score (nSPS) is 20.9. The molecule has 1 aliphatic carbocycles. The molecule has 3 heteroatoms. The van der Waals surface area contributed by atoms with E-state index in [9.17, 15) is 5.26 Å². The molecule has 0 amide bonds. The summed E-state index contributed by atoms with van der Waals surface area (Å²) in [4.78, 5) is 2.46. The number of nitrogens with one attached hydrogen (secondary N) is 1. The van der Waals surface area contributed by atoms with Gasteiger partial charge in [0.1, 0.15) is 5.54 Å². The Hall–Kier alpha value is -0.590. The average Bonchev–Trinajstić information content (AvgIpc) is 3.13. The lowest BCUT2D eigenvalue weighted by atomic mass is 9.98. The second kappa shape index (κ2) is 6.37. The van der Waals surface area contributed by atoms with E-state index in [2.05, 4.69) is 37.1 Å². The van der Waals surface area contributed by atoms with Crippen molar-refractivity contribution < 1.29 is 0 Å². The molecule has 1 rings (SSSR count). The van der Waals surface area contributed by atoms with E-state index in [4.69, 9.17) is 0 Å². The van der Waals surface area contributed by atoms with Crippen LogP contribution in [0.3, 0.4) is 0 Å². The van der Waals surface area contributed by atoms with Crippen molar-refractivity contribution in [3.05, 3.63) is 0 Å². The minimum absolute atomic E-state index is 0.345. The molecule has 2 atom stereocenters. The predicted octanol–water partition coefficient (Wildman–Crippen LogP) is 2.53. The van der Waals surface area contributed by atoms with Crippen LogP contribution in [-0.4, -0.2) is 35.6 Å². The van der Waals surface area contributed by atoms with Gasteiger partial charge in [-0.25, -0.2) is 0 Å². The number of hydrogen-bond acceptors (Lipinski definition) is 3. The lowest BCUT2D eigenvalue weighted by Gasteiger charge is -2.31. The Kier molecular flexibility index (Phi) is 5.42. The van der Waals surface area contributed by atoms with E-state index >= 15 is 0 Å². The molecule has 17 heavy (non-hydrogen) atoms. The Labute approximate surface area is 106 Å². The molecule has 0 heterocycles. The quantitative estimate of drug-likeness (QED) is 0.705. The van der Waals surface area contributed by atoms with Gasteiger partial charge in [0.25, 0.3) is 0 Å². The first-order valence-electron chi connectivity index (χ1n) is 6.97. The molecule has 0 aromatic heterocycles. The summed E-state index contributed by atoms with van der Waals surface area (Å²) in [6.45, 7) is 10.8. The number of nitrogens with zero attached hydrogens (tertiary/aromatic N) is 2. The molecular formula is C14H27N3. The summed E-state index contributed by atoms with van der Waals surface area (Å²) in [6, 6.07) is 3.66. The second-order valence-corrected chi connectivity index (χ2v) is 5.50. The SMILES string of the molecule is CCC(C)N(CC)CCC(C)(C#N)NC1CC1. The van der Waals surface area contributed by atoms with Crippen LogP contribution in [0.5, 0.6) is 0 Å². The maximum absolute atomic E-state index is 9.31. The summed E-state index contributed by atoms with van der Waals surface area (Å²) in [5.74, 6) is 0. The molecule has 1 saturated carbocycles. The van der Waals surface area contributed by atoms with Gasteiger partial charge >= 0.3 is 0 Å². The first kappa shape index (κ1) is 14.5. The zero-order valence-corrected chi connectivity index (χ0v) is 11.8. The van der Waals surface area contributed by atoms with Gasteiger partial charge in [-0.2, -0.15) is 5.26 Å². The van der Waals surface area contributed by atoms with Gasteiger partial charge in [-0.15, -0.1) is 0 Å². The van der Waals surface area contributed by atoms with E-state index in [1.54, 1.807) is 0 Å². The molecule has 0 aromatic rings. The highest BCUT2D eigenvalue weighted by molar-refractivity contribution is 5.07. The van der Waals surface area contributed by atoms with Crippen LogP contribution >= 0.6 is 0 Å². The van der Waals surface area contributed by atoms with Crippen LogP contribution in [-0.2, 0) is 0 Å².